The maximum atomic E-state index is 5.39. The van der Waals surface area contributed by atoms with Gasteiger partial charge < -0.3 is 19.5 Å². The summed E-state index contributed by atoms with van der Waals surface area (Å²) in [7, 11) is 4.88. The zero-order valence-corrected chi connectivity index (χ0v) is 14.6. The third-order valence-corrected chi connectivity index (χ3v) is 3.90. The quantitative estimate of drug-likeness (QED) is 0.798. The maximum absolute atomic E-state index is 5.39. The first-order chi connectivity index (χ1) is 11.1. The molecule has 2 N–H and O–H groups in total. The van der Waals surface area contributed by atoms with Gasteiger partial charge in [-0.3, -0.25) is 0 Å². The van der Waals surface area contributed by atoms with Gasteiger partial charge in [-0.1, -0.05) is 26.0 Å². The fraction of sp³-hybridized carbons (Fsp3) is 0.368. The highest BCUT2D eigenvalue weighted by atomic mass is 16.5. The van der Waals surface area contributed by atoms with Crippen molar-refractivity contribution >= 4 is 5.69 Å². The Morgan fingerprint density at radius 3 is 1.87 bits per heavy atom. The van der Waals surface area contributed by atoms with Crippen LogP contribution in [0.4, 0.5) is 5.69 Å². The summed E-state index contributed by atoms with van der Waals surface area (Å²) in [4.78, 5) is 0. The third-order valence-electron chi connectivity index (χ3n) is 3.90. The van der Waals surface area contributed by atoms with Crippen LogP contribution in [-0.2, 0) is 6.54 Å². The Balaban J connectivity index is 2.13. The van der Waals surface area contributed by atoms with Crippen molar-refractivity contribution in [3.63, 3.8) is 0 Å². The van der Waals surface area contributed by atoms with Crippen molar-refractivity contribution < 1.29 is 19.5 Å². The van der Waals surface area contributed by atoms with Crippen molar-refractivity contribution in [3.8, 4) is 17.2 Å². The first-order valence-electron chi connectivity index (χ1n) is 7.81. The Kier molecular flexibility index (Phi) is 5.88. The molecule has 0 heterocycles. The number of benzene rings is 2. The topological polar surface area (TPSA) is 44.3 Å². The molecule has 0 saturated heterocycles. The Hall–Kier alpha value is -2.20. The van der Waals surface area contributed by atoms with Gasteiger partial charge in [0.2, 0.25) is 5.75 Å². The van der Waals surface area contributed by atoms with Crippen LogP contribution in [-0.4, -0.2) is 21.3 Å². The van der Waals surface area contributed by atoms with Gasteiger partial charge in [0.15, 0.2) is 11.5 Å². The molecule has 0 fully saturated rings. The second kappa shape index (κ2) is 7.88. The second-order valence-electron chi connectivity index (χ2n) is 5.76. The number of rotatable bonds is 7. The Morgan fingerprint density at radius 1 is 0.870 bits per heavy atom. The van der Waals surface area contributed by atoms with E-state index >= 15 is 0 Å². The summed E-state index contributed by atoms with van der Waals surface area (Å²) in [5, 5.41) is 2.20. The van der Waals surface area contributed by atoms with Crippen LogP contribution in [0.25, 0.3) is 0 Å². The summed E-state index contributed by atoms with van der Waals surface area (Å²) in [5.74, 6) is 2.55. The normalized spacial score (nSPS) is 10.7. The van der Waals surface area contributed by atoms with Gasteiger partial charge in [0.05, 0.1) is 21.3 Å². The average molecular weight is 316 g/mol. The van der Waals surface area contributed by atoms with E-state index in [2.05, 4.69) is 43.4 Å². The molecule has 0 saturated carbocycles. The Morgan fingerprint density at radius 2 is 1.43 bits per heavy atom. The van der Waals surface area contributed by atoms with Crippen LogP contribution >= 0.6 is 0 Å². The smallest absolute Gasteiger partial charge is 0.203 e. The summed E-state index contributed by atoms with van der Waals surface area (Å²) in [6, 6.07) is 12.7. The number of nitrogens with two attached hydrogens (primary N) is 1. The molecule has 2 aromatic rings. The van der Waals surface area contributed by atoms with Crippen LogP contribution in [0.1, 0.15) is 30.9 Å². The molecule has 0 atom stereocenters. The van der Waals surface area contributed by atoms with Gasteiger partial charge in [-0.2, -0.15) is 0 Å². The molecule has 0 aliphatic rings. The van der Waals surface area contributed by atoms with Gasteiger partial charge in [-0.25, -0.2) is 0 Å². The number of ether oxygens (including phenoxy) is 3. The van der Waals surface area contributed by atoms with Crippen LogP contribution in [0.2, 0.25) is 0 Å². The van der Waals surface area contributed by atoms with Crippen LogP contribution in [0.5, 0.6) is 17.2 Å². The minimum atomic E-state index is 0.555. The highest BCUT2D eigenvalue weighted by Crippen LogP contribution is 2.37. The molecule has 4 heteroatoms. The van der Waals surface area contributed by atoms with Crippen LogP contribution in [0, 0.1) is 0 Å². The number of quaternary nitrogens is 1. The van der Waals surface area contributed by atoms with E-state index in [4.69, 9.17) is 14.2 Å². The van der Waals surface area contributed by atoms with E-state index in [1.165, 1.54) is 11.3 Å². The summed E-state index contributed by atoms with van der Waals surface area (Å²) in [6.45, 7) is 5.21. The third kappa shape index (κ3) is 4.17. The fourth-order valence-corrected chi connectivity index (χ4v) is 2.51. The van der Waals surface area contributed by atoms with E-state index < -0.39 is 0 Å². The monoisotopic (exact) mass is 316 g/mol. The molecule has 2 aromatic carbocycles. The molecule has 0 spiro atoms. The van der Waals surface area contributed by atoms with E-state index in [-0.39, 0.29) is 0 Å². The van der Waals surface area contributed by atoms with Crippen molar-refractivity contribution in [1.29, 1.82) is 0 Å². The van der Waals surface area contributed by atoms with Crippen LogP contribution in [0.3, 0.4) is 0 Å². The maximum Gasteiger partial charge on any atom is 0.203 e. The molecular formula is C19H26NO3+. The highest BCUT2D eigenvalue weighted by Gasteiger charge is 2.14. The van der Waals surface area contributed by atoms with E-state index in [0.29, 0.717) is 23.2 Å². The van der Waals surface area contributed by atoms with E-state index in [0.717, 1.165) is 12.1 Å². The molecule has 0 unspecified atom stereocenters. The van der Waals surface area contributed by atoms with Gasteiger partial charge >= 0.3 is 0 Å². The van der Waals surface area contributed by atoms with Crippen molar-refractivity contribution in [1.82, 2.24) is 0 Å². The average Bonchev–Trinajstić information content (AvgIpc) is 2.59. The van der Waals surface area contributed by atoms with Crippen molar-refractivity contribution in [3.05, 3.63) is 47.5 Å². The Bertz CT molecular complexity index is 611. The lowest BCUT2D eigenvalue weighted by atomic mass is 10.0. The fourth-order valence-electron chi connectivity index (χ4n) is 2.51. The van der Waals surface area contributed by atoms with E-state index in [9.17, 15) is 0 Å². The molecule has 2 rings (SSSR count). The molecular weight excluding hydrogens is 290 g/mol. The molecule has 0 aliphatic carbocycles. The summed E-state index contributed by atoms with van der Waals surface area (Å²) in [6.07, 6.45) is 0. The summed E-state index contributed by atoms with van der Waals surface area (Å²) >= 11 is 0. The van der Waals surface area contributed by atoms with Gasteiger partial charge in [-0.15, -0.1) is 0 Å². The van der Waals surface area contributed by atoms with E-state index in [1.54, 1.807) is 21.3 Å². The van der Waals surface area contributed by atoms with Crippen molar-refractivity contribution in [2.24, 2.45) is 0 Å². The molecule has 0 radical (unpaired) electrons. The molecule has 0 bridgehead atoms. The van der Waals surface area contributed by atoms with Crippen molar-refractivity contribution in [2.75, 3.05) is 21.3 Å². The molecule has 4 nitrogen and oxygen atoms in total. The lowest BCUT2D eigenvalue weighted by Gasteiger charge is -2.13. The first-order valence-corrected chi connectivity index (χ1v) is 7.81. The zero-order chi connectivity index (χ0) is 16.8. The SMILES string of the molecule is COc1cc(C[NH2+]c2ccc(C(C)C)cc2)cc(OC)c1OC. The standard InChI is InChI=1S/C19H25NO3/c1-13(2)15-6-8-16(9-7-15)20-12-14-10-17(21-3)19(23-5)18(11-14)22-4/h6-11,13,20H,12H2,1-5H3/p+1. The minimum Gasteiger partial charge on any atom is -0.493 e. The van der Waals surface area contributed by atoms with Gasteiger partial charge in [0, 0.05) is 5.56 Å². The van der Waals surface area contributed by atoms with E-state index in [1.807, 2.05) is 12.1 Å². The predicted octanol–water partition coefficient (Wildman–Crippen LogP) is 3.23. The van der Waals surface area contributed by atoms with Crippen LogP contribution in [0.15, 0.2) is 36.4 Å². The molecule has 124 valence electrons. The molecule has 0 aromatic heterocycles. The summed E-state index contributed by atoms with van der Waals surface area (Å²) in [5.41, 5.74) is 3.69. The van der Waals surface area contributed by atoms with Gasteiger partial charge in [0.25, 0.3) is 0 Å². The lowest BCUT2D eigenvalue weighted by molar-refractivity contribution is -0.588. The first kappa shape index (κ1) is 17.2. The Labute approximate surface area is 138 Å². The largest absolute Gasteiger partial charge is 0.493 e. The zero-order valence-electron chi connectivity index (χ0n) is 14.6. The van der Waals surface area contributed by atoms with Crippen LogP contribution < -0.4 is 19.5 Å². The van der Waals surface area contributed by atoms with Gasteiger partial charge in [-0.05, 0) is 35.7 Å². The summed E-state index contributed by atoms with van der Waals surface area (Å²) < 4.78 is 16.1. The molecule has 0 amide bonds. The number of hydrogen-bond acceptors (Lipinski definition) is 3. The van der Waals surface area contributed by atoms with Crippen molar-refractivity contribution in [2.45, 2.75) is 26.3 Å². The highest BCUT2D eigenvalue weighted by molar-refractivity contribution is 5.53. The minimum absolute atomic E-state index is 0.555. The second-order valence-corrected chi connectivity index (χ2v) is 5.76. The lowest BCUT2D eigenvalue weighted by Crippen LogP contribution is -2.76. The molecule has 0 aliphatic heterocycles. The number of methoxy groups -OCH3 is 3. The molecule has 23 heavy (non-hydrogen) atoms. The number of hydrogen-bond donors (Lipinski definition) is 1. The van der Waals surface area contributed by atoms with Gasteiger partial charge in [0.1, 0.15) is 12.2 Å². The predicted molar refractivity (Wildman–Crippen MR) is 91.9 cm³/mol.